The van der Waals surface area contributed by atoms with Crippen molar-refractivity contribution in [2.75, 3.05) is 13.1 Å². The summed E-state index contributed by atoms with van der Waals surface area (Å²) in [5, 5.41) is 3.38. The van der Waals surface area contributed by atoms with Crippen molar-refractivity contribution in [2.45, 2.75) is 33.5 Å². The van der Waals surface area contributed by atoms with Gasteiger partial charge in [-0.2, -0.15) is 0 Å². The number of aromatic nitrogens is 1. The van der Waals surface area contributed by atoms with E-state index >= 15 is 0 Å². The predicted octanol–water partition coefficient (Wildman–Crippen LogP) is 3.21. The number of pyridine rings is 1. The Balaban J connectivity index is 1.98. The summed E-state index contributed by atoms with van der Waals surface area (Å²) in [4.78, 5) is 6.83. The monoisotopic (exact) mass is 283 g/mol. The third kappa shape index (κ3) is 5.29. The van der Waals surface area contributed by atoms with Crippen molar-refractivity contribution < 1.29 is 0 Å². The van der Waals surface area contributed by atoms with Crippen LogP contribution in [0.15, 0.2) is 48.7 Å². The molecule has 0 amide bonds. The summed E-state index contributed by atoms with van der Waals surface area (Å²) in [7, 11) is 0. The first kappa shape index (κ1) is 15.7. The Morgan fingerprint density at radius 1 is 1.00 bits per heavy atom. The first-order valence-corrected chi connectivity index (χ1v) is 7.72. The van der Waals surface area contributed by atoms with E-state index in [1.165, 1.54) is 11.1 Å². The molecule has 0 radical (unpaired) electrons. The van der Waals surface area contributed by atoms with Gasteiger partial charge in [0.2, 0.25) is 0 Å². The SMILES string of the molecule is CCNCc1cccc(CN(CC)Cc2ccccn2)c1. The van der Waals surface area contributed by atoms with E-state index in [4.69, 9.17) is 0 Å². The van der Waals surface area contributed by atoms with Crippen molar-refractivity contribution in [1.29, 1.82) is 0 Å². The highest BCUT2D eigenvalue weighted by molar-refractivity contribution is 5.23. The van der Waals surface area contributed by atoms with Crippen LogP contribution in [0.3, 0.4) is 0 Å². The van der Waals surface area contributed by atoms with Crippen LogP contribution in [0.25, 0.3) is 0 Å². The van der Waals surface area contributed by atoms with E-state index < -0.39 is 0 Å². The maximum atomic E-state index is 4.41. The highest BCUT2D eigenvalue weighted by Crippen LogP contribution is 2.10. The molecule has 112 valence electrons. The molecule has 0 atom stereocenters. The Morgan fingerprint density at radius 3 is 2.57 bits per heavy atom. The van der Waals surface area contributed by atoms with E-state index in [1.54, 1.807) is 0 Å². The molecule has 3 nitrogen and oxygen atoms in total. The van der Waals surface area contributed by atoms with E-state index in [0.717, 1.165) is 38.4 Å². The average Bonchev–Trinajstić information content (AvgIpc) is 2.53. The molecule has 0 aliphatic heterocycles. The molecule has 21 heavy (non-hydrogen) atoms. The lowest BCUT2D eigenvalue weighted by molar-refractivity contribution is 0.268. The third-order valence-electron chi connectivity index (χ3n) is 3.54. The molecular formula is C18H25N3. The van der Waals surface area contributed by atoms with E-state index in [0.29, 0.717) is 0 Å². The zero-order chi connectivity index (χ0) is 14.9. The van der Waals surface area contributed by atoms with Crippen molar-refractivity contribution in [2.24, 2.45) is 0 Å². The molecular weight excluding hydrogens is 258 g/mol. The Morgan fingerprint density at radius 2 is 1.86 bits per heavy atom. The largest absolute Gasteiger partial charge is 0.313 e. The van der Waals surface area contributed by atoms with Gasteiger partial charge in [-0.05, 0) is 36.3 Å². The smallest absolute Gasteiger partial charge is 0.0544 e. The van der Waals surface area contributed by atoms with Crippen LogP contribution >= 0.6 is 0 Å². The molecule has 0 unspecified atom stereocenters. The molecule has 0 bridgehead atoms. The van der Waals surface area contributed by atoms with Gasteiger partial charge in [-0.15, -0.1) is 0 Å². The van der Waals surface area contributed by atoms with Gasteiger partial charge in [-0.1, -0.05) is 44.2 Å². The number of hydrogen-bond donors (Lipinski definition) is 1. The second-order valence-corrected chi connectivity index (χ2v) is 5.22. The van der Waals surface area contributed by atoms with E-state index in [1.807, 2.05) is 18.3 Å². The van der Waals surface area contributed by atoms with Crippen LogP contribution in [-0.4, -0.2) is 23.0 Å². The Kier molecular flexibility index (Phi) is 6.38. The lowest BCUT2D eigenvalue weighted by Crippen LogP contribution is -2.23. The molecule has 1 heterocycles. The van der Waals surface area contributed by atoms with Gasteiger partial charge < -0.3 is 5.32 Å². The van der Waals surface area contributed by atoms with Gasteiger partial charge in [0.05, 0.1) is 5.69 Å². The van der Waals surface area contributed by atoms with Crippen molar-refractivity contribution in [3.8, 4) is 0 Å². The maximum Gasteiger partial charge on any atom is 0.0544 e. The van der Waals surface area contributed by atoms with Crippen molar-refractivity contribution in [3.63, 3.8) is 0 Å². The molecule has 1 aromatic heterocycles. The molecule has 0 spiro atoms. The summed E-state index contributed by atoms with van der Waals surface area (Å²) < 4.78 is 0. The lowest BCUT2D eigenvalue weighted by Gasteiger charge is -2.20. The summed E-state index contributed by atoms with van der Waals surface area (Å²) in [6.45, 7) is 9.17. The summed E-state index contributed by atoms with van der Waals surface area (Å²) in [6.07, 6.45) is 1.86. The third-order valence-corrected chi connectivity index (χ3v) is 3.54. The summed E-state index contributed by atoms with van der Waals surface area (Å²) in [5.41, 5.74) is 3.84. The summed E-state index contributed by atoms with van der Waals surface area (Å²) in [5.74, 6) is 0. The Labute approximate surface area is 128 Å². The van der Waals surface area contributed by atoms with Crippen LogP contribution < -0.4 is 5.32 Å². The number of benzene rings is 1. The van der Waals surface area contributed by atoms with Crippen LogP contribution in [0.5, 0.6) is 0 Å². The van der Waals surface area contributed by atoms with E-state index in [9.17, 15) is 0 Å². The van der Waals surface area contributed by atoms with Gasteiger partial charge in [0, 0.05) is 25.8 Å². The van der Waals surface area contributed by atoms with Crippen LogP contribution in [0.1, 0.15) is 30.7 Å². The fraction of sp³-hybridized carbons (Fsp3) is 0.389. The van der Waals surface area contributed by atoms with Gasteiger partial charge in [0.25, 0.3) is 0 Å². The van der Waals surface area contributed by atoms with Crippen LogP contribution in [0.4, 0.5) is 0 Å². The Bertz CT molecular complexity index is 525. The predicted molar refractivity (Wildman–Crippen MR) is 87.8 cm³/mol. The first-order valence-electron chi connectivity index (χ1n) is 7.72. The lowest BCUT2D eigenvalue weighted by atomic mass is 10.1. The molecule has 3 heteroatoms. The Hall–Kier alpha value is -1.71. The molecule has 0 saturated carbocycles. The zero-order valence-electron chi connectivity index (χ0n) is 13.0. The molecule has 0 saturated heterocycles. The molecule has 2 rings (SSSR count). The fourth-order valence-corrected chi connectivity index (χ4v) is 2.37. The quantitative estimate of drug-likeness (QED) is 0.806. The summed E-state index contributed by atoms with van der Waals surface area (Å²) >= 11 is 0. The van der Waals surface area contributed by atoms with Crippen molar-refractivity contribution in [3.05, 3.63) is 65.5 Å². The minimum absolute atomic E-state index is 0.898. The van der Waals surface area contributed by atoms with Gasteiger partial charge in [0.15, 0.2) is 0 Å². The highest BCUT2D eigenvalue weighted by Gasteiger charge is 2.06. The molecule has 0 fully saturated rings. The van der Waals surface area contributed by atoms with Crippen molar-refractivity contribution in [1.82, 2.24) is 15.2 Å². The topological polar surface area (TPSA) is 28.2 Å². The number of hydrogen-bond acceptors (Lipinski definition) is 3. The molecule has 0 aliphatic carbocycles. The van der Waals surface area contributed by atoms with Gasteiger partial charge in [0.1, 0.15) is 0 Å². The normalized spacial score (nSPS) is 11.0. The number of rotatable bonds is 8. The molecule has 0 aliphatic rings. The average molecular weight is 283 g/mol. The molecule has 1 N–H and O–H groups in total. The second-order valence-electron chi connectivity index (χ2n) is 5.22. The molecule has 2 aromatic rings. The first-order chi connectivity index (χ1) is 10.3. The van der Waals surface area contributed by atoms with Gasteiger partial charge in [-0.25, -0.2) is 0 Å². The standard InChI is InChI=1S/C18H25N3/c1-3-19-13-16-8-7-9-17(12-16)14-21(4-2)15-18-10-5-6-11-20-18/h5-12,19H,3-4,13-15H2,1-2H3. The van der Waals surface area contributed by atoms with Gasteiger partial charge >= 0.3 is 0 Å². The van der Waals surface area contributed by atoms with Gasteiger partial charge in [-0.3, -0.25) is 9.88 Å². The highest BCUT2D eigenvalue weighted by atomic mass is 15.1. The number of nitrogens with zero attached hydrogens (tertiary/aromatic N) is 2. The summed E-state index contributed by atoms with van der Waals surface area (Å²) in [6, 6.07) is 14.9. The fourth-order valence-electron chi connectivity index (χ4n) is 2.37. The van der Waals surface area contributed by atoms with E-state index in [-0.39, 0.29) is 0 Å². The van der Waals surface area contributed by atoms with E-state index in [2.05, 4.69) is 59.4 Å². The maximum absolute atomic E-state index is 4.41. The van der Waals surface area contributed by atoms with Crippen molar-refractivity contribution >= 4 is 0 Å². The molecule has 1 aromatic carbocycles. The zero-order valence-corrected chi connectivity index (χ0v) is 13.0. The minimum atomic E-state index is 0.898. The van der Waals surface area contributed by atoms with Crippen LogP contribution in [0.2, 0.25) is 0 Å². The van der Waals surface area contributed by atoms with Crippen LogP contribution in [0, 0.1) is 0 Å². The number of nitrogens with one attached hydrogen (secondary N) is 1. The second kappa shape index (κ2) is 8.55. The van der Waals surface area contributed by atoms with Crippen LogP contribution in [-0.2, 0) is 19.6 Å². The minimum Gasteiger partial charge on any atom is -0.313 e.